The summed E-state index contributed by atoms with van der Waals surface area (Å²) < 4.78 is 6.08. The lowest BCUT2D eigenvalue weighted by atomic mass is 10.2. The van der Waals surface area contributed by atoms with E-state index in [9.17, 15) is 0 Å². The van der Waals surface area contributed by atoms with E-state index in [0.29, 0.717) is 6.61 Å². The Morgan fingerprint density at radius 2 is 2.00 bits per heavy atom. The van der Waals surface area contributed by atoms with Gasteiger partial charge in [-0.1, -0.05) is 41.6 Å². The molecule has 21 heavy (non-hydrogen) atoms. The van der Waals surface area contributed by atoms with E-state index in [-0.39, 0.29) is 0 Å². The van der Waals surface area contributed by atoms with Crippen LogP contribution in [0.2, 0.25) is 5.02 Å². The minimum absolute atomic E-state index is 0.712. The van der Waals surface area contributed by atoms with E-state index in [4.69, 9.17) is 16.3 Å². The van der Waals surface area contributed by atoms with Gasteiger partial charge in [-0.3, -0.25) is 0 Å². The SMILES string of the molecule is COCCNCc1ccc(Sc2ccccc2Br)c(Cl)c1. The highest BCUT2D eigenvalue weighted by Gasteiger charge is 2.06. The van der Waals surface area contributed by atoms with E-state index >= 15 is 0 Å². The molecule has 0 atom stereocenters. The second kappa shape index (κ2) is 8.81. The number of methoxy groups -OCH3 is 1. The van der Waals surface area contributed by atoms with Crippen LogP contribution in [0.4, 0.5) is 0 Å². The summed E-state index contributed by atoms with van der Waals surface area (Å²) in [7, 11) is 1.70. The Labute approximate surface area is 143 Å². The quantitative estimate of drug-likeness (QED) is 0.677. The van der Waals surface area contributed by atoms with Gasteiger partial charge in [0.1, 0.15) is 0 Å². The molecule has 0 fully saturated rings. The Bertz CT molecular complexity index is 594. The van der Waals surface area contributed by atoms with Gasteiger partial charge in [-0.25, -0.2) is 0 Å². The first kappa shape index (κ1) is 16.8. The molecule has 0 amide bonds. The first-order chi connectivity index (χ1) is 10.2. The van der Waals surface area contributed by atoms with Gasteiger partial charge in [0.2, 0.25) is 0 Å². The van der Waals surface area contributed by atoms with Gasteiger partial charge in [0.25, 0.3) is 0 Å². The molecule has 2 aromatic carbocycles. The Balaban J connectivity index is 2.01. The monoisotopic (exact) mass is 385 g/mol. The molecule has 0 aliphatic carbocycles. The van der Waals surface area contributed by atoms with Crippen LogP contribution >= 0.6 is 39.3 Å². The van der Waals surface area contributed by atoms with Crippen molar-refractivity contribution in [3.8, 4) is 0 Å². The van der Waals surface area contributed by atoms with E-state index in [1.165, 1.54) is 5.56 Å². The molecule has 0 saturated heterocycles. The predicted molar refractivity (Wildman–Crippen MR) is 93.3 cm³/mol. The minimum Gasteiger partial charge on any atom is -0.383 e. The van der Waals surface area contributed by atoms with Gasteiger partial charge in [0, 0.05) is 34.5 Å². The van der Waals surface area contributed by atoms with Gasteiger partial charge in [-0.05, 0) is 45.8 Å². The van der Waals surface area contributed by atoms with Crippen LogP contribution in [0.5, 0.6) is 0 Å². The second-order valence-electron chi connectivity index (χ2n) is 4.47. The van der Waals surface area contributed by atoms with Crippen LogP contribution in [0.1, 0.15) is 5.56 Å². The van der Waals surface area contributed by atoms with Crippen molar-refractivity contribution in [1.82, 2.24) is 5.32 Å². The lowest BCUT2D eigenvalue weighted by Crippen LogP contribution is -2.18. The zero-order valence-electron chi connectivity index (χ0n) is 11.7. The van der Waals surface area contributed by atoms with Gasteiger partial charge < -0.3 is 10.1 Å². The Kier molecular flexibility index (Phi) is 7.07. The van der Waals surface area contributed by atoms with Crippen molar-refractivity contribution < 1.29 is 4.74 Å². The largest absolute Gasteiger partial charge is 0.383 e. The summed E-state index contributed by atoms with van der Waals surface area (Å²) in [6.45, 7) is 2.34. The second-order valence-corrected chi connectivity index (χ2v) is 6.81. The molecule has 1 N–H and O–H groups in total. The first-order valence-electron chi connectivity index (χ1n) is 6.61. The standard InChI is InChI=1S/C16H17BrClNOS/c1-20-9-8-19-11-12-6-7-16(14(18)10-12)21-15-5-3-2-4-13(15)17/h2-7,10,19H,8-9,11H2,1H3. The van der Waals surface area contributed by atoms with E-state index < -0.39 is 0 Å². The van der Waals surface area contributed by atoms with Crippen molar-refractivity contribution in [3.63, 3.8) is 0 Å². The van der Waals surface area contributed by atoms with E-state index in [0.717, 1.165) is 32.4 Å². The summed E-state index contributed by atoms with van der Waals surface area (Å²) in [6, 6.07) is 14.3. The number of halogens is 2. The van der Waals surface area contributed by atoms with Crippen LogP contribution in [-0.2, 0) is 11.3 Å². The molecular formula is C16H17BrClNOS. The lowest BCUT2D eigenvalue weighted by Gasteiger charge is -2.09. The van der Waals surface area contributed by atoms with Crippen molar-refractivity contribution in [1.29, 1.82) is 0 Å². The highest BCUT2D eigenvalue weighted by atomic mass is 79.9. The molecule has 0 unspecified atom stereocenters. The third-order valence-electron chi connectivity index (χ3n) is 2.86. The number of benzene rings is 2. The van der Waals surface area contributed by atoms with Crippen LogP contribution in [0.25, 0.3) is 0 Å². The zero-order chi connectivity index (χ0) is 15.1. The van der Waals surface area contributed by atoms with Gasteiger partial charge in [-0.2, -0.15) is 0 Å². The Morgan fingerprint density at radius 3 is 2.71 bits per heavy atom. The molecule has 2 rings (SSSR count). The van der Waals surface area contributed by atoms with Gasteiger partial charge in [0.15, 0.2) is 0 Å². The van der Waals surface area contributed by atoms with Gasteiger partial charge in [0.05, 0.1) is 11.6 Å². The molecule has 2 nitrogen and oxygen atoms in total. The molecule has 0 heterocycles. The van der Waals surface area contributed by atoms with Crippen LogP contribution in [0, 0.1) is 0 Å². The Morgan fingerprint density at radius 1 is 1.19 bits per heavy atom. The van der Waals surface area contributed by atoms with Crippen LogP contribution in [-0.4, -0.2) is 20.3 Å². The van der Waals surface area contributed by atoms with Crippen LogP contribution in [0.15, 0.2) is 56.7 Å². The van der Waals surface area contributed by atoms with E-state index in [2.05, 4.69) is 39.4 Å². The summed E-state index contributed by atoms with van der Waals surface area (Å²) >= 11 is 11.6. The van der Waals surface area contributed by atoms with Crippen molar-refractivity contribution >= 4 is 39.3 Å². The highest BCUT2D eigenvalue weighted by molar-refractivity contribution is 9.10. The average molecular weight is 387 g/mol. The smallest absolute Gasteiger partial charge is 0.0587 e. The molecule has 0 saturated carbocycles. The zero-order valence-corrected chi connectivity index (χ0v) is 14.9. The summed E-state index contributed by atoms with van der Waals surface area (Å²) in [5.74, 6) is 0. The summed E-state index contributed by atoms with van der Waals surface area (Å²) in [6.07, 6.45) is 0. The molecule has 0 aliphatic heterocycles. The number of rotatable bonds is 7. The normalized spacial score (nSPS) is 10.8. The van der Waals surface area contributed by atoms with Crippen molar-refractivity contribution in [2.75, 3.05) is 20.3 Å². The molecule has 5 heteroatoms. The molecule has 0 aliphatic rings. The number of hydrogen-bond donors (Lipinski definition) is 1. The van der Waals surface area contributed by atoms with E-state index in [1.807, 2.05) is 24.3 Å². The third-order valence-corrected chi connectivity index (χ3v) is 5.40. The number of ether oxygens (including phenoxy) is 1. The molecule has 112 valence electrons. The third kappa shape index (κ3) is 5.31. The minimum atomic E-state index is 0.712. The fraction of sp³-hybridized carbons (Fsp3) is 0.250. The number of nitrogens with one attached hydrogen (secondary N) is 1. The van der Waals surface area contributed by atoms with Crippen molar-refractivity contribution in [3.05, 3.63) is 57.5 Å². The maximum absolute atomic E-state index is 6.38. The first-order valence-corrected chi connectivity index (χ1v) is 8.60. The maximum Gasteiger partial charge on any atom is 0.0587 e. The van der Waals surface area contributed by atoms with Crippen LogP contribution < -0.4 is 5.32 Å². The van der Waals surface area contributed by atoms with Crippen LogP contribution in [0.3, 0.4) is 0 Å². The van der Waals surface area contributed by atoms with Gasteiger partial charge >= 0.3 is 0 Å². The average Bonchev–Trinajstić information content (AvgIpc) is 2.48. The molecule has 0 spiro atoms. The lowest BCUT2D eigenvalue weighted by molar-refractivity contribution is 0.199. The Hall–Kier alpha value is -0.520. The van der Waals surface area contributed by atoms with Gasteiger partial charge in [-0.15, -0.1) is 0 Å². The topological polar surface area (TPSA) is 21.3 Å². The summed E-state index contributed by atoms with van der Waals surface area (Å²) in [5.41, 5.74) is 1.17. The summed E-state index contributed by atoms with van der Waals surface area (Å²) in [5, 5.41) is 4.09. The molecule has 0 bridgehead atoms. The summed E-state index contributed by atoms with van der Waals surface area (Å²) in [4.78, 5) is 2.22. The molecule has 0 aromatic heterocycles. The number of hydrogen-bond acceptors (Lipinski definition) is 3. The fourth-order valence-electron chi connectivity index (χ4n) is 1.79. The van der Waals surface area contributed by atoms with E-state index in [1.54, 1.807) is 18.9 Å². The predicted octanol–water partition coefficient (Wildman–Crippen LogP) is 4.99. The molecular weight excluding hydrogens is 370 g/mol. The van der Waals surface area contributed by atoms with Crippen molar-refractivity contribution in [2.24, 2.45) is 0 Å². The fourth-order valence-corrected chi connectivity index (χ4v) is 3.48. The van der Waals surface area contributed by atoms with Crippen molar-refractivity contribution in [2.45, 2.75) is 16.3 Å². The highest BCUT2D eigenvalue weighted by Crippen LogP contribution is 2.37. The maximum atomic E-state index is 6.38. The molecule has 2 aromatic rings. The molecule has 0 radical (unpaired) electrons.